The van der Waals surface area contributed by atoms with Gasteiger partial charge in [0.2, 0.25) is 0 Å². The van der Waals surface area contributed by atoms with Gasteiger partial charge in [0.15, 0.2) is 0 Å². The molecule has 18 heavy (non-hydrogen) atoms. The number of para-hydroxylation sites is 1. The van der Waals surface area contributed by atoms with Gasteiger partial charge in [-0.2, -0.15) is 0 Å². The summed E-state index contributed by atoms with van der Waals surface area (Å²) < 4.78 is 2.02. The van der Waals surface area contributed by atoms with E-state index in [9.17, 15) is 0 Å². The van der Waals surface area contributed by atoms with Gasteiger partial charge >= 0.3 is 0 Å². The summed E-state index contributed by atoms with van der Waals surface area (Å²) in [4.78, 5) is 4.36. The van der Waals surface area contributed by atoms with Gasteiger partial charge in [-0.25, -0.2) is 0 Å². The lowest BCUT2D eigenvalue weighted by molar-refractivity contribution is 0.969. The molecule has 4 heteroatoms. The van der Waals surface area contributed by atoms with Crippen molar-refractivity contribution >= 4 is 28.2 Å². The normalized spacial score (nSPS) is 11.0. The molecule has 1 aromatic carbocycles. The zero-order chi connectivity index (χ0) is 12.7. The van der Waals surface area contributed by atoms with Crippen LogP contribution in [0.4, 0.5) is 5.69 Å². The minimum absolute atomic E-state index is 0.664. The van der Waals surface area contributed by atoms with Crippen LogP contribution in [0, 0.1) is 0 Å². The van der Waals surface area contributed by atoms with Gasteiger partial charge in [0.1, 0.15) is 0 Å². The molecule has 0 saturated heterocycles. The molecule has 0 saturated carbocycles. The Morgan fingerprint density at radius 1 is 1.22 bits per heavy atom. The van der Waals surface area contributed by atoms with Crippen LogP contribution in [0.3, 0.4) is 0 Å². The van der Waals surface area contributed by atoms with Gasteiger partial charge in [0.25, 0.3) is 0 Å². The van der Waals surface area contributed by atoms with Crippen molar-refractivity contribution in [2.24, 2.45) is 7.05 Å². The minimum atomic E-state index is 0.664. The van der Waals surface area contributed by atoms with Crippen LogP contribution in [-0.2, 0) is 7.05 Å². The Morgan fingerprint density at radius 3 is 2.78 bits per heavy atom. The molecule has 0 aliphatic heterocycles. The Bertz CT molecular complexity index is 714. The summed E-state index contributed by atoms with van der Waals surface area (Å²) in [6, 6.07) is 9.67. The molecule has 3 nitrogen and oxygen atoms in total. The first kappa shape index (κ1) is 11.1. The molecule has 0 unspecified atom stereocenters. The van der Waals surface area contributed by atoms with Crippen molar-refractivity contribution in [3.63, 3.8) is 0 Å². The van der Waals surface area contributed by atoms with E-state index in [4.69, 9.17) is 17.3 Å². The fourth-order valence-electron chi connectivity index (χ4n) is 2.19. The summed E-state index contributed by atoms with van der Waals surface area (Å²) >= 11 is 6.23. The van der Waals surface area contributed by atoms with E-state index in [2.05, 4.69) is 11.1 Å². The van der Waals surface area contributed by atoms with Crippen molar-refractivity contribution in [1.82, 2.24) is 9.55 Å². The number of anilines is 1. The first-order chi connectivity index (χ1) is 8.66. The highest BCUT2D eigenvalue weighted by atomic mass is 35.5. The molecular formula is C14H12ClN3. The van der Waals surface area contributed by atoms with Crippen LogP contribution in [-0.4, -0.2) is 9.55 Å². The van der Waals surface area contributed by atoms with Crippen molar-refractivity contribution < 1.29 is 0 Å². The molecule has 3 aromatic rings. The number of fused-ring (bicyclic) bond motifs is 1. The number of benzene rings is 1. The number of nitrogens with zero attached hydrogens (tertiary/aromatic N) is 2. The number of aryl methyl sites for hydroxylation is 1. The first-order valence-corrected chi connectivity index (χ1v) is 6.00. The molecular weight excluding hydrogens is 246 g/mol. The topological polar surface area (TPSA) is 43.8 Å². The van der Waals surface area contributed by atoms with E-state index in [0.29, 0.717) is 5.69 Å². The Kier molecular flexibility index (Phi) is 2.49. The zero-order valence-electron chi connectivity index (χ0n) is 9.89. The van der Waals surface area contributed by atoms with E-state index < -0.39 is 0 Å². The minimum Gasteiger partial charge on any atom is -0.397 e. The Labute approximate surface area is 110 Å². The van der Waals surface area contributed by atoms with E-state index >= 15 is 0 Å². The summed E-state index contributed by atoms with van der Waals surface area (Å²) in [6.45, 7) is 0. The van der Waals surface area contributed by atoms with E-state index in [1.54, 1.807) is 6.20 Å². The number of hydrogen-bond donors (Lipinski definition) is 1. The lowest BCUT2D eigenvalue weighted by Gasteiger charge is -2.00. The van der Waals surface area contributed by atoms with Crippen molar-refractivity contribution in [2.75, 3.05) is 5.73 Å². The number of nitrogens with two attached hydrogens (primary N) is 1. The highest BCUT2D eigenvalue weighted by Crippen LogP contribution is 2.32. The van der Waals surface area contributed by atoms with Crippen molar-refractivity contribution in [2.45, 2.75) is 0 Å². The third-order valence-electron chi connectivity index (χ3n) is 3.01. The maximum absolute atomic E-state index is 6.23. The number of hydrogen-bond acceptors (Lipinski definition) is 2. The average molecular weight is 258 g/mol. The van der Waals surface area contributed by atoms with Gasteiger partial charge in [0, 0.05) is 24.2 Å². The SMILES string of the molecule is Cn1cc(-c2ccc(N)cn2)c2cccc(Cl)c21. The number of aromatic nitrogens is 2. The lowest BCUT2D eigenvalue weighted by Crippen LogP contribution is -1.87. The van der Waals surface area contributed by atoms with E-state index in [1.807, 2.05) is 42.1 Å². The second kappa shape index (κ2) is 4.03. The van der Waals surface area contributed by atoms with Crippen LogP contribution in [0.25, 0.3) is 22.2 Å². The second-order valence-electron chi connectivity index (χ2n) is 4.27. The first-order valence-electron chi connectivity index (χ1n) is 5.62. The molecule has 0 radical (unpaired) electrons. The summed E-state index contributed by atoms with van der Waals surface area (Å²) in [5, 5.41) is 1.85. The van der Waals surface area contributed by atoms with Crippen LogP contribution < -0.4 is 5.73 Å². The van der Waals surface area contributed by atoms with E-state index in [0.717, 1.165) is 27.2 Å². The fraction of sp³-hybridized carbons (Fsp3) is 0.0714. The lowest BCUT2D eigenvalue weighted by atomic mass is 10.1. The molecule has 0 bridgehead atoms. The third-order valence-corrected chi connectivity index (χ3v) is 3.32. The Hall–Kier alpha value is -2.00. The predicted molar refractivity (Wildman–Crippen MR) is 75.6 cm³/mol. The molecule has 3 rings (SSSR count). The van der Waals surface area contributed by atoms with Crippen molar-refractivity contribution in [3.8, 4) is 11.3 Å². The van der Waals surface area contributed by atoms with Crippen molar-refractivity contribution in [3.05, 3.63) is 47.7 Å². The highest BCUT2D eigenvalue weighted by molar-refractivity contribution is 6.35. The highest BCUT2D eigenvalue weighted by Gasteiger charge is 2.11. The van der Waals surface area contributed by atoms with Gasteiger partial charge in [-0.05, 0) is 18.2 Å². The number of rotatable bonds is 1. The van der Waals surface area contributed by atoms with Crippen LogP contribution in [0.5, 0.6) is 0 Å². The summed E-state index contributed by atoms with van der Waals surface area (Å²) in [5.41, 5.74) is 9.31. The molecule has 0 aliphatic carbocycles. The summed E-state index contributed by atoms with van der Waals surface area (Å²) in [5.74, 6) is 0. The molecule has 2 heterocycles. The smallest absolute Gasteiger partial charge is 0.0725 e. The standard InChI is InChI=1S/C14H12ClN3/c1-18-8-11(13-6-5-9(16)7-17-13)10-3-2-4-12(15)14(10)18/h2-8H,16H2,1H3. The molecule has 90 valence electrons. The zero-order valence-corrected chi connectivity index (χ0v) is 10.6. The van der Waals surface area contributed by atoms with Crippen LogP contribution >= 0.6 is 11.6 Å². The molecule has 0 amide bonds. The van der Waals surface area contributed by atoms with Crippen molar-refractivity contribution in [1.29, 1.82) is 0 Å². The second-order valence-corrected chi connectivity index (χ2v) is 4.67. The number of pyridine rings is 1. The molecule has 0 fully saturated rings. The van der Waals surface area contributed by atoms with Gasteiger partial charge in [-0.15, -0.1) is 0 Å². The van der Waals surface area contributed by atoms with Crippen LogP contribution in [0.2, 0.25) is 5.02 Å². The third kappa shape index (κ3) is 1.64. The summed E-state index contributed by atoms with van der Waals surface area (Å²) in [6.07, 6.45) is 3.70. The number of nitrogen functional groups attached to an aromatic ring is 1. The van der Waals surface area contributed by atoms with Gasteiger partial charge in [-0.1, -0.05) is 23.7 Å². The average Bonchev–Trinajstić information content (AvgIpc) is 2.69. The molecule has 0 aliphatic rings. The Balaban J connectivity index is 2.30. The monoisotopic (exact) mass is 257 g/mol. The fourth-order valence-corrected chi connectivity index (χ4v) is 2.50. The van der Waals surface area contributed by atoms with E-state index in [-0.39, 0.29) is 0 Å². The van der Waals surface area contributed by atoms with Gasteiger partial charge in [0.05, 0.1) is 28.1 Å². The molecule has 2 N–H and O–H groups in total. The van der Waals surface area contributed by atoms with Crippen LogP contribution in [0.15, 0.2) is 42.7 Å². The predicted octanol–water partition coefficient (Wildman–Crippen LogP) is 3.48. The maximum atomic E-state index is 6.23. The Morgan fingerprint density at radius 2 is 2.06 bits per heavy atom. The number of halogens is 1. The largest absolute Gasteiger partial charge is 0.397 e. The summed E-state index contributed by atoms with van der Waals surface area (Å²) in [7, 11) is 1.98. The maximum Gasteiger partial charge on any atom is 0.0725 e. The van der Waals surface area contributed by atoms with E-state index in [1.165, 1.54) is 0 Å². The molecule has 2 aromatic heterocycles. The van der Waals surface area contributed by atoms with Gasteiger partial charge < -0.3 is 10.3 Å². The molecule has 0 atom stereocenters. The molecule has 0 spiro atoms. The van der Waals surface area contributed by atoms with Gasteiger partial charge in [-0.3, -0.25) is 4.98 Å². The van der Waals surface area contributed by atoms with Crippen LogP contribution in [0.1, 0.15) is 0 Å². The quantitative estimate of drug-likeness (QED) is 0.725.